The smallest absolute Gasteiger partial charge is 0.195 e. The van der Waals surface area contributed by atoms with E-state index >= 15 is 0 Å². The van der Waals surface area contributed by atoms with Gasteiger partial charge in [-0.1, -0.05) is 6.92 Å². The predicted octanol–water partition coefficient (Wildman–Crippen LogP) is 1.70. The van der Waals surface area contributed by atoms with Crippen molar-refractivity contribution >= 4 is 11.9 Å². The van der Waals surface area contributed by atoms with Crippen LogP contribution in [0.3, 0.4) is 0 Å². The van der Waals surface area contributed by atoms with Gasteiger partial charge in [0.15, 0.2) is 11.2 Å². The monoisotopic (exact) mass is 248 g/mol. The molecule has 2 rings (SSSR count). The van der Waals surface area contributed by atoms with E-state index < -0.39 is 5.41 Å². The van der Waals surface area contributed by atoms with Crippen LogP contribution in [0.5, 0.6) is 0 Å². The highest BCUT2D eigenvalue weighted by atomic mass is 16.4. The zero-order valence-corrected chi connectivity index (χ0v) is 10.7. The predicted molar refractivity (Wildman–Crippen MR) is 67.3 cm³/mol. The first-order valence-electron chi connectivity index (χ1n) is 5.96. The van der Waals surface area contributed by atoms with Crippen molar-refractivity contribution in [1.29, 1.82) is 0 Å². The zero-order chi connectivity index (χ0) is 13.5. The van der Waals surface area contributed by atoms with Gasteiger partial charge in [0.2, 0.25) is 0 Å². The van der Waals surface area contributed by atoms with E-state index in [2.05, 4.69) is 0 Å². The number of hydrogen-bond donors (Lipinski definition) is 1. The van der Waals surface area contributed by atoms with Crippen LogP contribution in [0.1, 0.15) is 42.9 Å². The first kappa shape index (κ1) is 12.8. The summed E-state index contributed by atoms with van der Waals surface area (Å²) >= 11 is 0. The van der Waals surface area contributed by atoms with Gasteiger partial charge in [0, 0.05) is 5.56 Å². The highest BCUT2D eigenvalue weighted by Gasteiger charge is 2.40. The standard InChI is InChI=1S/C14H16O4/c1-4-14(3)11(16)6-5-9-12(17)8(2)10(7-15)18-13(9)14/h5-6,15H,4,7H2,1-3H3/t14-/m0/s1. The second-order valence-electron chi connectivity index (χ2n) is 4.76. The largest absolute Gasteiger partial charge is 0.461 e. The summed E-state index contributed by atoms with van der Waals surface area (Å²) < 4.78 is 5.62. The van der Waals surface area contributed by atoms with Crippen LogP contribution < -0.4 is 5.43 Å². The molecule has 1 aromatic rings. The van der Waals surface area contributed by atoms with Crippen LogP contribution in [0.2, 0.25) is 0 Å². The Bertz CT molecular complexity index is 595. The van der Waals surface area contributed by atoms with Crippen LogP contribution in [-0.4, -0.2) is 10.9 Å². The van der Waals surface area contributed by atoms with Crippen molar-refractivity contribution < 1.29 is 14.3 Å². The van der Waals surface area contributed by atoms with Gasteiger partial charge in [-0.15, -0.1) is 0 Å². The number of rotatable bonds is 2. The molecule has 1 heterocycles. The van der Waals surface area contributed by atoms with E-state index in [1.54, 1.807) is 13.8 Å². The first-order valence-corrected chi connectivity index (χ1v) is 5.96. The lowest BCUT2D eigenvalue weighted by Gasteiger charge is -2.28. The summed E-state index contributed by atoms with van der Waals surface area (Å²) in [7, 11) is 0. The molecule has 0 saturated carbocycles. The summed E-state index contributed by atoms with van der Waals surface area (Å²) in [5.74, 6) is 0.534. The summed E-state index contributed by atoms with van der Waals surface area (Å²) in [5, 5.41) is 9.22. The second kappa shape index (κ2) is 4.21. The molecule has 1 aromatic heterocycles. The number of carbonyl (C=O) groups is 1. The first-order chi connectivity index (χ1) is 8.45. The molecule has 0 saturated heterocycles. The Balaban J connectivity index is 2.83. The molecule has 1 N–H and O–H groups in total. The third kappa shape index (κ3) is 1.56. The van der Waals surface area contributed by atoms with Crippen LogP contribution in [0.15, 0.2) is 15.3 Å². The number of hydrogen-bond acceptors (Lipinski definition) is 4. The molecule has 0 aliphatic heterocycles. The molecule has 4 nitrogen and oxygen atoms in total. The molecule has 1 aliphatic carbocycles. The number of fused-ring (bicyclic) bond motifs is 1. The van der Waals surface area contributed by atoms with Gasteiger partial charge in [-0.05, 0) is 32.4 Å². The van der Waals surface area contributed by atoms with Gasteiger partial charge in [-0.2, -0.15) is 0 Å². The van der Waals surface area contributed by atoms with Crippen molar-refractivity contribution in [2.45, 2.75) is 39.2 Å². The van der Waals surface area contributed by atoms with E-state index in [-0.39, 0.29) is 23.6 Å². The van der Waals surface area contributed by atoms with Crippen molar-refractivity contribution in [3.05, 3.63) is 38.9 Å². The van der Waals surface area contributed by atoms with E-state index in [0.717, 1.165) is 0 Å². The Hall–Kier alpha value is -1.68. The Morgan fingerprint density at radius 1 is 1.33 bits per heavy atom. The average molecular weight is 248 g/mol. The van der Waals surface area contributed by atoms with E-state index in [4.69, 9.17) is 4.42 Å². The van der Waals surface area contributed by atoms with Crippen molar-refractivity contribution in [2.24, 2.45) is 0 Å². The Kier molecular flexibility index (Phi) is 2.99. The fraction of sp³-hybridized carbons (Fsp3) is 0.429. The molecule has 1 atom stereocenters. The third-order valence-corrected chi connectivity index (χ3v) is 3.77. The molecule has 4 heteroatoms. The lowest BCUT2D eigenvalue weighted by molar-refractivity contribution is -0.120. The number of aliphatic hydroxyl groups excluding tert-OH is 1. The van der Waals surface area contributed by atoms with Gasteiger partial charge in [0.1, 0.15) is 18.1 Å². The van der Waals surface area contributed by atoms with Crippen LogP contribution in [0.25, 0.3) is 6.08 Å². The Morgan fingerprint density at radius 2 is 2.00 bits per heavy atom. The van der Waals surface area contributed by atoms with Gasteiger partial charge >= 0.3 is 0 Å². The minimum atomic E-state index is -0.819. The lowest BCUT2D eigenvalue weighted by Crippen LogP contribution is -2.36. The molecule has 1 aliphatic rings. The van der Waals surface area contributed by atoms with Crippen LogP contribution in [0, 0.1) is 6.92 Å². The Labute approximate surface area is 105 Å². The fourth-order valence-corrected chi connectivity index (χ4v) is 2.19. The van der Waals surface area contributed by atoms with Gasteiger partial charge in [0.05, 0.1) is 11.0 Å². The van der Waals surface area contributed by atoms with E-state index in [1.165, 1.54) is 12.2 Å². The molecule has 0 unspecified atom stereocenters. The molecule has 0 radical (unpaired) electrons. The molecule has 0 bridgehead atoms. The third-order valence-electron chi connectivity index (χ3n) is 3.77. The van der Waals surface area contributed by atoms with Crippen LogP contribution in [-0.2, 0) is 16.8 Å². The highest BCUT2D eigenvalue weighted by molar-refractivity contribution is 6.04. The summed E-state index contributed by atoms with van der Waals surface area (Å²) in [5.41, 5.74) is -0.174. The quantitative estimate of drug-likeness (QED) is 0.865. The molecule has 18 heavy (non-hydrogen) atoms. The van der Waals surface area contributed by atoms with Gasteiger partial charge < -0.3 is 9.52 Å². The maximum atomic E-state index is 12.2. The second-order valence-corrected chi connectivity index (χ2v) is 4.76. The van der Waals surface area contributed by atoms with E-state index in [0.29, 0.717) is 23.3 Å². The maximum absolute atomic E-state index is 12.2. The minimum Gasteiger partial charge on any atom is -0.461 e. The average Bonchev–Trinajstić information content (AvgIpc) is 2.38. The normalized spacial score (nSPS) is 22.1. The molecule has 96 valence electrons. The van der Waals surface area contributed by atoms with Crippen LogP contribution in [0.4, 0.5) is 0 Å². The molecule has 0 amide bonds. The van der Waals surface area contributed by atoms with Crippen LogP contribution >= 0.6 is 0 Å². The number of allylic oxidation sites excluding steroid dienone is 1. The van der Waals surface area contributed by atoms with E-state index in [9.17, 15) is 14.7 Å². The topological polar surface area (TPSA) is 67.5 Å². The van der Waals surface area contributed by atoms with Crippen molar-refractivity contribution in [1.82, 2.24) is 0 Å². The van der Waals surface area contributed by atoms with E-state index in [1.807, 2.05) is 6.92 Å². The summed E-state index contributed by atoms with van der Waals surface area (Å²) in [6.45, 7) is 4.91. The Morgan fingerprint density at radius 3 is 2.56 bits per heavy atom. The fourth-order valence-electron chi connectivity index (χ4n) is 2.19. The van der Waals surface area contributed by atoms with Gasteiger partial charge in [0.25, 0.3) is 0 Å². The van der Waals surface area contributed by atoms with Crippen molar-refractivity contribution in [3.63, 3.8) is 0 Å². The SMILES string of the molecule is CC[C@@]1(C)C(=O)C=Cc2c1oc(CO)c(C)c2=O. The highest BCUT2D eigenvalue weighted by Crippen LogP contribution is 2.35. The number of ketones is 1. The van der Waals surface area contributed by atoms with Gasteiger partial charge in [-0.3, -0.25) is 9.59 Å². The van der Waals surface area contributed by atoms with Crippen molar-refractivity contribution in [2.75, 3.05) is 0 Å². The number of aliphatic hydroxyl groups is 1. The summed E-state index contributed by atoms with van der Waals surface area (Å²) in [4.78, 5) is 24.2. The molecule has 0 spiro atoms. The molecular formula is C14H16O4. The summed E-state index contributed by atoms with van der Waals surface area (Å²) in [6.07, 6.45) is 3.48. The minimum absolute atomic E-state index is 0.0756. The lowest BCUT2D eigenvalue weighted by atomic mass is 9.75. The number of carbonyl (C=O) groups excluding carboxylic acids is 1. The van der Waals surface area contributed by atoms with Crippen molar-refractivity contribution in [3.8, 4) is 0 Å². The molecular weight excluding hydrogens is 232 g/mol. The zero-order valence-electron chi connectivity index (χ0n) is 10.7. The maximum Gasteiger partial charge on any atom is 0.195 e. The molecule has 0 fully saturated rings. The van der Waals surface area contributed by atoms with Gasteiger partial charge in [-0.25, -0.2) is 0 Å². The molecule has 0 aromatic carbocycles. The summed E-state index contributed by atoms with van der Waals surface area (Å²) in [6, 6.07) is 0.